The van der Waals surface area contributed by atoms with Crippen molar-refractivity contribution in [2.45, 2.75) is 18.9 Å². The Kier molecular flexibility index (Phi) is 3.02. The number of pyridine rings is 1. The minimum Gasteiger partial charge on any atom is -0.464 e. The Balaban J connectivity index is 2.20. The van der Waals surface area contributed by atoms with Crippen molar-refractivity contribution in [1.82, 2.24) is 4.98 Å². The Morgan fingerprint density at radius 3 is 3.00 bits per heavy atom. The molecule has 1 aromatic rings. The summed E-state index contributed by atoms with van der Waals surface area (Å²) in [7, 11) is 1.33. The molecule has 1 aliphatic rings. The highest BCUT2D eigenvalue weighted by Gasteiger charge is 2.31. The number of carbonyl (C=O) groups is 1. The molecule has 1 atom stereocenters. The summed E-state index contributed by atoms with van der Waals surface area (Å²) in [6.07, 6.45) is 2.30. The molecule has 1 N–H and O–H groups in total. The average Bonchev–Trinajstić information content (AvgIpc) is 2.69. The Bertz CT molecular complexity index is 432. The fraction of sp³-hybridized carbons (Fsp3) is 0.500. The van der Waals surface area contributed by atoms with Crippen LogP contribution in [-0.4, -0.2) is 41.9 Å². The van der Waals surface area contributed by atoms with E-state index in [9.17, 15) is 9.90 Å². The van der Waals surface area contributed by atoms with Crippen molar-refractivity contribution in [3.63, 3.8) is 0 Å². The van der Waals surface area contributed by atoms with Crippen molar-refractivity contribution >= 4 is 11.7 Å². The van der Waals surface area contributed by atoms with E-state index >= 15 is 0 Å². The molecule has 1 fully saturated rings. The second-order valence-corrected chi connectivity index (χ2v) is 4.56. The van der Waals surface area contributed by atoms with Crippen LogP contribution < -0.4 is 4.90 Å². The van der Waals surface area contributed by atoms with E-state index < -0.39 is 11.6 Å². The Morgan fingerprint density at radius 2 is 2.41 bits per heavy atom. The van der Waals surface area contributed by atoms with Crippen LogP contribution in [0.15, 0.2) is 18.3 Å². The van der Waals surface area contributed by atoms with Gasteiger partial charge in [0.1, 0.15) is 5.69 Å². The lowest BCUT2D eigenvalue weighted by molar-refractivity contribution is 0.0594. The summed E-state index contributed by atoms with van der Waals surface area (Å²) in [6, 6.07) is 3.51. The predicted octanol–water partition coefficient (Wildman–Crippen LogP) is 0.829. The standard InChI is InChI=1S/C12H16N2O3/c1-12(16)4-6-14(8-12)9-3-5-13-10(7-9)11(15)17-2/h3,5,7,16H,4,6,8H2,1-2H3. The molecular formula is C12H16N2O3. The Hall–Kier alpha value is -1.62. The average molecular weight is 236 g/mol. The van der Waals surface area contributed by atoms with Crippen LogP contribution >= 0.6 is 0 Å². The van der Waals surface area contributed by atoms with Crippen molar-refractivity contribution in [3.05, 3.63) is 24.0 Å². The third-order valence-electron chi connectivity index (χ3n) is 2.95. The third kappa shape index (κ3) is 2.55. The predicted molar refractivity (Wildman–Crippen MR) is 63.0 cm³/mol. The van der Waals surface area contributed by atoms with Crippen LogP contribution in [-0.2, 0) is 4.74 Å². The van der Waals surface area contributed by atoms with E-state index in [1.54, 1.807) is 12.3 Å². The van der Waals surface area contributed by atoms with E-state index in [1.807, 2.05) is 17.9 Å². The number of β-amino-alcohol motifs (C(OH)–C–C–N with tert-alkyl or cyclic N) is 1. The van der Waals surface area contributed by atoms with Crippen LogP contribution in [0, 0.1) is 0 Å². The highest BCUT2D eigenvalue weighted by molar-refractivity contribution is 5.88. The molecule has 5 heteroatoms. The van der Waals surface area contributed by atoms with Crippen molar-refractivity contribution < 1.29 is 14.6 Å². The monoisotopic (exact) mass is 236 g/mol. The van der Waals surface area contributed by atoms with Gasteiger partial charge in [-0.25, -0.2) is 9.78 Å². The van der Waals surface area contributed by atoms with Crippen LogP contribution in [0.5, 0.6) is 0 Å². The van der Waals surface area contributed by atoms with E-state index in [4.69, 9.17) is 0 Å². The maximum Gasteiger partial charge on any atom is 0.356 e. The number of rotatable bonds is 2. The maximum atomic E-state index is 11.4. The van der Waals surface area contributed by atoms with Gasteiger partial charge in [0.2, 0.25) is 0 Å². The lowest BCUT2D eigenvalue weighted by atomic mass is 10.1. The zero-order valence-corrected chi connectivity index (χ0v) is 10.0. The first-order valence-corrected chi connectivity index (χ1v) is 5.53. The number of hydrogen-bond acceptors (Lipinski definition) is 5. The summed E-state index contributed by atoms with van der Waals surface area (Å²) >= 11 is 0. The zero-order chi connectivity index (χ0) is 12.5. The van der Waals surface area contributed by atoms with Crippen molar-refractivity contribution in [2.75, 3.05) is 25.1 Å². The summed E-state index contributed by atoms with van der Waals surface area (Å²) in [6.45, 7) is 3.16. The van der Waals surface area contributed by atoms with Gasteiger partial charge >= 0.3 is 5.97 Å². The molecule has 1 unspecified atom stereocenters. The normalized spacial score (nSPS) is 23.8. The van der Waals surface area contributed by atoms with E-state index in [1.165, 1.54) is 7.11 Å². The molecule has 2 rings (SSSR count). The van der Waals surface area contributed by atoms with Crippen molar-refractivity contribution in [1.29, 1.82) is 0 Å². The third-order valence-corrected chi connectivity index (χ3v) is 2.95. The van der Waals surface area contributed by atoms with Gasteiger partial charge in [-0.15, -0.1) is 0 Å². The fourth-order valence-electron chi connectivity index (χ4n) is 2.00. The topological polar surface area (TPSA) is 62.7 Å². The van der Waals surface area contributed by atoms with E-state index in [0.717, 1.165) is 18.7 Å². The summed E-state index contributed by atoms with van der Waals surface area (Å²) in [5.41, 5.74) is 0.518. The van der Waals surface area contributed by atoms with Crippen LogP contribution in [0.25, 0.3) is 0 Å². The minimum absolute atomic E-state index is 0.288. The quantitative estimate of drug-likeness (QED) is 0.771. The van der Waals surface area contributed by atoms with E-state index in [0.29, 0.717) is 6.54 Å². The number of aliphatic hydroxyl groups is 1. The van der Waals surface area contributed by atoms with Crippen LogP contribution in [0.1, 0.15) is 23.8 Å². The Morgan fingerprint density at radius 1 is 1.65 bits per heavy atom. The number of anilines is 1. The summed E-state index contributed by atoms with van der Waals surface area (Å²) in [4.78, 5) is 17.3. The van der Waals surface area contributed by atoms with Gasteiger partial charge in [0.25, 0.3) is 0 Å². The van der Waals surface area contributed by atoms with Gasteiger partial charge < -0.3 is 14.7 Å². The number of hydrogen-bond donors (Lipinski definition) is 1. The van der Waals surface area contributed by atoms with Gasteiger partial charge in [0.05, 0.1) is 12.7 Å². The van der Waals surface area contributed by atoms with Gasteiger partial charge in [-0.3, -0.25) is 0 Å². The number of aromatic nitrogens is 1. The van der Waals surface area contributed by atoms with Gasteiger partial charge in [-0.2, -0.15) is 0 Å². The summed E-state index contributed by atoms with van der Waals surface area (Å²) < 4.78 is 4.63. The highest BCUT2D eigenvalue weighted by Crippen LogP contribution is 2.26. The molecule has 0 bridgehead atoms. The largest absolute Gasteiger partial charge is 0.464 e. The van der Waals surface area contributed by atoms with Crippen molar-refractivity contribution in [2.24, 2.45) is 0 Å². The first kappa shape index (κ1) is 11.9. The number of esters is 1. The second kappa shape index (κ2) is 4.33. The lowest BCUT2D eigenvalue weighted by Gasteiger charge is -2.20. The maximum absolute atomic E-state index is 11.4. The number of nitrogens with zero attached hydrogens (tertiary/aromatic N) is 2. The first-order chi connectivity index (χ1) is 8.02. The van der Waals surface area contributed by atoms with Crippen molar-refractivity contribution in [3.8, 4) is 0 Å². The Labute approximate surface area is 100 Å². The molecule has 17 heavy (non-hydrogen) atoms. The van der Waals surface area contributed by atoms with Crippen LogP contribution in [0.3, 0.4) is 0 Å². The number of ether oxygens (including phenoxy) is 1. The molecule has 1 saturated heterocycles. The molecule has 5 nitrogen and oxygen atoms in total. The minimum atomic E-state index is -0.658. The van der Waals surface area contributed by atoms with Gasteiger partial charge in [-0.05, 0) is 25.5 Å². The molecule has 0 radical (unpaired) electrons. The van der Waals surface area contributed by atoms with Gasteiger partial charge in [0.15, 0.2) is 0 Å². The molecule has 0 aromatic carbocycles. The van der Waals surface area contributed by atoms with E-state index in [-0.39, 0.29) is 5.69 Å². The molecular weight excluding hydrogens is 220 g/mol. The second-order valence-electron chi connectivity index (χ2n) is 4.56. The SMILES string of the molecule is COC(=O)c1cc(N2CCC(C)(O)C2)ccn1. The molecule has 1 aliphatic heterocycles. The van der Waals surface area contributed by atoms with E-state index in [2.05, 4.69) is 9.72 Å². The van der Waals surface area contributed by atoms with Gasteiger partial charge in [0, 0.05) is 25.0 Å². The zero-order valence-electron chi connectivity index (χ0n) is 10.0. The summed E-state index contributed by atoms with van der Waals surface area (Å²) in [5.74, 6) is -0.446. The molecule has 0 amide bonds. The molecule has 0 saturated carbocycles. The fourth-order valence-corrected chi connectivity index (χ4v) is 2.00. The molecule has 1 aromatic heterocycles. The molecule has 2 heterocycles. The van der Waals surface area contributed by atoms with Gasteiger partial charge in [-0.1, -0.05) is 0 Å². The van der Waals surface area contributed by atoms with Crippen LogP contribution in [0.2, 0.25) is 0 Å². The first-order valence-electron chi connectivity index (χ1n) is 5.53. The lowest BCUT2D eigenvalue weighted by Crippen LogP contribution is -2.29. The summed E-state index contributed by atoms with van der Waals surface area (Å²) in [5, 5.41) is 9.90. The number of carbonyl (C=O) groups excluding carboxylic acids is 1. The molecule has 0 spiro atoms. The van der Waals surface area contributed by atoms with Crippen LogP contribution in [0.4, 0.5) is 5.69 Å². The molecule has 0 aliphatic carbocycles. The molecule has 92 valence electrons. The number of methoxy groups -OCH3 is 1. The smallest absolute Gasteiger partial charge is 0.356 e. The highest BCUT2D eigenvalue weighted by atomic mass is 16.5.